The lowest BCUT2D eigenvalue weighted by Crippen LogP contribution is -2.60. The molecule has 2 amide bonds. The number of nitrogens with zero attached hydrogens (tertiary/aromatic N) is 1. The number of carbonyl (C=O) groups excluding carboxylic acids is 2. The van der Waals surface area contributed by atoms with E-state index in [-0.39, 0.29) is 25.2 Å². The number of hydrogen-bond donors (Lipinski definition) is 1. The van der Waals surface area contributed by atoms with E-state index in [9.17, 15) is 9.59 Å². The summed E-state index contributed by atoms with van der Waals surface area (Å²) in [5.74, 6) is -0.459. The fourth-order valence-corrected chi connectivity index (χ4v) is 6.08. The third-order valence-corrected chi connectivity index (χ3v) is 7.61. The molecule has 1 aliphatic rings. The van der Waals surface area contributed by atoms with Crippen LogP contribution >= 0.6 is 0 Å². The van der Waals surface area contributed by atoms with Crippen molar-refractivity contribution in [3.05, 3.63) is 12.2 Å². The Balaban J connectivity index is 2.84. The minimum atomic E-state index is -3.02. The Kier molecular flexibility index (Phi) is 12.1. The van der Waals surface area contributed by atoms with Crippen molar-refractivity contribution >= 4 is 20.8 Å². The topological polar surface area (TPSA) is 86.3 Å². The third kappa shape index (κ3) is 8.86. The van der Waals surface area contributed by atoms with E-state index in [1.165, 1.54) is 6.42 Å². The van der Waals surface area contributed by atoms with Gasteiger partial charge in [-0.05, 0) is 40.5 Å². The predicted octanol–water partition coefficient (Wildman–Crippen LogP) is 3.04. The standard InChI is InChI=1S/C20H38N2O6Si/c1-6-26-29(27-7-2,28-8-3)16-22(18-12-10-9-11-13-18)20(24)21-14-15-25-19(23)17(4)5/h18H,4,6-16H2,1-3,5H3,(H,21,24). The van der Waals surface area contributed by atoms with E-state index >= 15 is 0 Å². The van der Waals surface area contributed by atoms with Crippen LogP contribution in [0.3, 0.4) is 0 Å². The molecule has 1 saturated carbocycles. The van der Waals surface area contributed by atoms with E-state index in [0.717, 1.165) is 25.7 Å². The summed E-state index contributed by atoms with van der Waals surface area (Å²) in [5.41, 5.74) is 0.334. The van der Waals surface area contributed by atoms with Crippen molar-refractivity contribution in [2.45, 2.75) is 65.8 Å². The summed E-state index contributed by atoms with van der Waals surface area (Å²) in [4.78, 5) is 26.3. The Morgan fingerprint density at radius 3 is 2.07 bits per heavy atom. The van der Waals surface area contributed by atoms with Crippen LogP contribution in [0, 0.1) is 0 Å². The third-order valence-electron chi connectivity index (χ3n) is 4.69. The maximum absolute atomic E-state index is 13.0. The van der Waals surface area contributed by atoms with E-state index in [2.05, 4.69) is 11.9 Å². The monoisotopic (exact) mass is 430 g/mol. The number of rotatable bonds is 13. The molecule has 0 aromatic carbocycles. The zero-order chi connectivity index (χ0) is 21.7. The molecule has 168 valence electrons. The smallest absolute Gasteiger partial charge is 0.460 e. The predicted molar refractivity (Wildman–Crippen MR) is 113 cm³/mol. The number of amides is 2. The van der Waals surface area contributed by atoms with Crippen molar-refractivity contribution in [1.29, 1.82) is 0 Å². The molecular formula is C20H38N2O6Si. The lowest BCUT2D eigenvalue weighted by molar-refractivity contribution is -0.138. The first-order valence-electron chi connectivity index (χ1n) is 10.7. The van der Waals surface area contributed by atoms with E-state index in [1.807, 2.05) is 25.7 Å². The molecule has 8 nitrogen and oxygen atoms in total. The summed E-state index contributed by atoms with van der Waals surface area (Å²) in [6, 6.07) is -0.0887. The molecule has 0 heterocycles. The number of nitrogens with one attached hydrogen (secondary N) is 1. The van der Waals surface area contributed by atoms with Gasteiger partial charge in [0.2, 0.25) is 0 Å². The van der Waals surface area contributed by atoms with Gasteiger partial charge in [0.1, 0.15) is 6.61 Å². The van der Waals surface area contributed by atoms with Crippen LogP contribution in [0.1, 0.15) is 59.8 Å². The molecule has 1 rings (SSSR count). The highest BCUT2D eigenvalue weighted by molar-refractivity contribution is 6.61. The van der Waals surface area contributed by atoms with Gasteiger partial charge in [0.15, 0.2) is 0 Å². The second kappa shape index (κ2) is 13.7. The van der Waals surface area contributed by atoms with Crippen molar-refractivity contribution in [3.8, 4) is 0 Å². The first kappa shape index (κ1) is 25.6. The molecular weight excluding hydrogens is 392 g/mol. The fraction of sp³-hybridized carbons (Fsp3) is 0.800. The zero-order valence-electron chi connectivity index (χ0n) is 18.5. The Bertz CT molecular complexity index is 508. The lowest BCUT2D eigenvalue weighted by atomic mass is 9.95. The molecule has 0 bridgehead atoms. The Morgan fingerprint density at radius 2 is 1.59 bits per heavy atom. The van der Waals surface area contributed by atoms with Crippen LogP contribution in [0.5, 0.6) is 0 Å². The molecule has 0 saturated heterocycles. The van der Waals surface area contributed by atoms with Crippen molar-refractivity contribution in [3.63, 3.8) is 0 Å². The molecule has 0 atom stereocenters. The molecule has 9 heteroatoms. The van der Waals surface area contributed by atoms with Crippen LogP contribution in [-0.2, 0) is 22.8 Å². The minimum Gasteiger partial charge on any atom is -0.460 e. The SMILES string of the molecule is C=C(C)C(=O)OCCNC(=O)N(C[Si](OCC)(OCC)OCC)C1CCCCC1. The van der Waals surface area contributed by atoms with Gasteiger partial charge in [0.05, 0.1) is 12.7 Å². The van der Waals surface area contributed by atoms with Crippen LogP contribution < -0.4 is 5.32 Å². The van der Waals surface area contributed by atoms with Crippen molar-refractivity contribution in [1.82, 2.24) is 10.2 Å². The molecule has 1 N–H and O–H groups in total. The quantitative estimate of drug-likeness (QED) is 0.209. The molecule has 29 heavy (non-hydrogen) atoms. The van der Waals surface area contributed by atoms with Gasteiger partial charge in [-0.15, -0.1) is 0 Å². The Morgan fingerprint density at radius 1 is 1.03 bits per heavy atom. The number of carbonyl (C=O) groups is 2. The largest absolute Gasteiger partial charge is 0.521 e. The maximum Gasteiger partial charge on any atom is 0.521 e. The van der Waals surface area contributed by atoms with Gasteiger partial charge in [-0.3, -0.25) is 0 Å². The summed E-state index contributed by atoms with van der Waals surface area (Å²) in [6.07, 6.45) is 5.59. The summed E-state index contributed by atoms with van der Waals surface area (Å²) in [5, 5.41) is 2.86. The van der Waals surface area contributed by atoms with Crippen LogP contribution in [-0.4, -0.2) is 70.9 Å². The van der Waals surface area contributed by atoms with E-state index in [4.69, 9.17) is 18.0 Å². The lowest BCUT2D eigenvalue weighted by Gasteiger charge is -2.39. The highest BCUT2D eigenvalue weighted by atomic mass is 28.4. The van der Waals surface area contributed by atoms with Crippen molar-refractivity contribution in [2.75, 3.05) is 39.1 Å². The number of urea groups is 1. The van der Waals surface area contributed by atoms with E-state index < -0.39 is 14.8 Å². The Hall–Kier alpha value is -1.42. The van der Waals surface area contributed by atoms with Gasteiger partial charge in [-0.1, -0.05) is 25.8 Å². The van der Waals surface area contributed by atoms with Crippen LogP contribution in [0.4, 0.5) is 4.79 Å². The average Bonchev–Trinajstić information content (AvgIpc) is 2.70. The second-order valence-corrected chi connectivity index (χ2v) is 9.60. The number of hydrogen-bond acceptors (Lipinski definition) is 6. The fourth-order valence-electron chi connectivity index (χ4n) is 3.42. The summed E-state index contributed by atoms with van der Waals surface area (Å²) in [6.45, 7) is 12.6. The van der Waals surface area contributed by atoms with E-state index in [1.54, 1.807) is 6.92 Å². The molecule has 0 aromatic rings. The minimum absolute atomic E-state index is 0.0981. The van der Waals surface area contributed by atoms with Crippen LogP contribution in [0.25, 0.3) is 0 Å². The average molecular weight is 431 g/mol. The molecule has 1 fully saturated rings. The van der Waals surface area contributed by atoms with Crippen LogP contribution in [0.2, 0.25) is 0 Å². The molecule has 0 radical (unpaired) electrons. The first-order valence-corrected chi connectivity index (χ1v) is 12.6. The number of ether oxygens (including phenoxy) is 1. The van der Waals surface area contributed by atoms with Gasteiger partial charge in [0, 0.05) is 31.4 Å². The first-order chi connectivity index (χ1) is 13.9. The van der Waals surface area contributed by atoms with Crippen LogP contribution in [0.15, 0.2) is 12.2 Å². The number of esters is 1. The maximum atomic E-state index is 13.0. The molecule has 0 unspecified atom stereocenters. The van der Waals surface area contributed by atoms with Gasteiger partial charge < -0.3 is 28.2 Å². The molecule has 0 aromatic heterocycles. The normalized spacial score (nSPS) is 15.0. The highest BCUT2D eigenvalue weighted by Crippen LogP contribution is 2.25. The Labute approximate surface area is 176 Å². The van der Waals surface area contributed by atoms with Gasteiger partial charge in [-0.25, -0.2) is 9.59 Å². The van der Waals surface area contributed by atoms with Crippen molar-refractivity contribution in [2.24, 2.45) is 0 Å². The summed E-state index contributed by atoms with van der Waals surface area (Å²) >= 11 is 0. The van der Waals surface area contributed by atoms with Gasteiger partial charge >= 0.3 is 20.8 Å². The molecule has 1 aliphatic carbocycles. The highest BCUT2D eigenvalue weighted by Gasteiger charge is 2.45. The summed E-state index contributed by atoms with van der Waals surface area (Å²) < 4.78 is 22.9. The van der Waals surface area contributed by atoms with Crippen molar-refractivity contribution < 1.29 is 27.6 Å². The van der Waals surface area contributed by atoms with Gasteiger partial charge in [-0.2, -0.15) is 0 Å². The molecule has 0 aliphatic heterocycles. The second-order valence-electron chi connectivity index (χ2n) is 7.05. The van der Waals surface area contributed by atoms with Gasteiger partial charge in [0.25, 0.3) is 0 Å². The van der Waals surface area contributed by atoms with E-state index in [0.29, 0.717) is 31.6 Å². The molecule has 0 spiro atoms. The zero-order valence-corrected chi connectivity index (χ0v) is 19.5. The summed E-state index contributed by atoms with van der Waals surface area (Å²) in [7, 11) is -3.02.